The largest absolute Gasteiger partial charge is 0.497 e. The lowest BCUT2D eigenvalue weighted by Crippen LogP contribution is -2.43. The number of hydrogen-bond acceptors (Lipinski definition) is 4. The molecular formula is C19H30N2O3. The van der Waals surface area contributed by atoms with Crippen LogP contribution in [0.2, 0.25) is 0 Å². The van der Waals surface area contributed by atoms with Gasteiger partial charge in [0.15, 0.2) is 0 Å². The van der Waals surface area contributed by atoms with Gasteiger partial charge in [-0.05, 0) is 57.5 Å². The molecule has 5 nitrogen and oxygen atoms in total. The number of aliphatic hydroxyl groups excluding tert-OH is 1. The quantitative estimate of drug-likeness (QED) is 0.831. The van der Waals surface area contributed by atoms with E-state index in [1.807, 2.05) is 43.0 Å². The number of piperidine rings is 1. The number of benzene rings is 1. The fourth-order valence-corrected chi connectivity index (χ4v) is 3.35. The van der Waals surface area contributed by atoms with Gasteiger partial charge in [0.25, 0.3) is 0 Å². The second kappa shape index (κ2) is 9.04. The highest BCUT2D eigenvalue weighted by atomic mass is 16.5. The number of carbonyl (C=O) groups excluding carboxylic acids is 1. The van der Waals surface area contributed by atoms with Gasteiger partial charge in [-0.25, -0.2) is 0 Å². The molecule has 1 atom stereocenters. The van der Waals surface area contributed by atoms with Crippen molar-refractivity contribution in [1.82, 2.24) is 9.80 Å². The Kier molecular flexibility index (Phi) is 7.06. The Bertz CT molecular complexity index is 523. The number of ether oxygens (including phenoxy) is 1. The Morgan fingerprint density at radius 1 is 1.33 bits per heavy atom. The number of aliphatic hydroxyl groups is 1. The highest BCUT2D eigenvalue weighted by Crippen LogP contribution is 2.24. The molecule has 0 spiro atoms. The molecule has 1 aliphatic heterocycles. The van der Waals surface area contributed by atoms with E-state index in [2.05, 4.69) is 4.90 Å². The number of carbonyl (C=O) groups is 1. The zero-order valence-electron chi connectivity index (χ0n) is 15.1. The SMILES string of the molecule is CCN(CC)C(=O)C1CCN(CC(O)c2cccc(OC)c2)CC1. The minimum absolute atomic E-state index is 0.134. The van der Waals surface area contributed by atoms with Crippen molar-refractivity contribution in [2.75, 3.05) is 39.8 Å². The first-order valence-corrected chi connectivity index (χ1v) is 8.92. The molecule has 24 heavy (non-hydrogen) atoms. The van der Waals surface area contributed by atoms with Gasteiger partial charge < -0.3 is 19.6 Å². The highest BCUT2D eigenvalue weighted by Gasteiger charge is 2.28. The van der Waals surface area contributed by atoms with Gasteiger partial charge in [-0.1, -0.05) is 12.1 Å². The van der Waals surface area contributed by atoms with Crippen molar-refractivity contribution < 1.29 is 14.6 Å². The fourth-order valence-electron chi connectivity index (χ4n) is 3.35. The van der Waals surface area contributed by atoms with E-state index in [9.17, 15) is 9.90 Å². The number of amides is 1. The summed E-state index contributed by atoms with van der Waals surface area (Å²) < 4.78 is 5.21. The molecule has 1 unspecified atom stereocenters. The van der Waals surface area contributed by atoms with Crippen LogP contribution in [0, 0.1) is 5.92 Å². The molecule has 1 heterocycles. The molecule has 0 bridgehead atoms. The fraction of sp³-hybridized carbons (Fsp3) is 0.632. The van der Waals surface area contributed by atoms with Crippen LogP contribution in [-0.4, -0.2) is 60.6 Å². The first-order chi connectivity index (χ1) is 11.6. The van der Waals surface area contributed by atoms with Crippen LogP contribution in [0.25, 0.3) is 0 Å². The molecule has 1 aliphatic rings. The molecule has 1 saturated heterocycles. The normalized spacial score (nSPS) is 17.5. The van der Waals surface area contributed by atoms with E-state index in [-0.39, 0.29) is 11.8 Å². The lowest BCUT2D eigenvalue weighted by Gasteiger charge is -2.34. The minimum Gasteiger partial charge on any atom is -0.497 e. The van der Waals surface area contributed by atoms with E-state index < -0.39 is 6.10 Å². The third-order valence-corrected chi connectivity index (χ3v) is 4.92. The average Bonchev–Trinajstić information content (AvgIpc) is 2.63. The molecule has 1 N–H and O–H groups in total. The second-order valence-electron chi connectivity index (χ2n) is 6.38. The van der Waals surface area contributed by atoms with E-state index in [1.165, 1.54) is 0 Å². The van der Waals surface area contributed by atoms with Gasteiger partial charge in [-0.2, -0.15) is 0 Å². The predicted octanol–water partition coefficient (Wildman–Crippen LogP) is 2.31. The maximum absolute atomic E-state index is 12.4. The molecule has 0 saturated carbocycles. The zero-order chi connectivity index (χ0) is 17.5. The van der Waals surface area contributed by atoms with Crippen molar-refractivity contribution >= 4 is 5.91 Å². The molecule has 2 rings (SSSR count). The summed E-state index contributed by atoms with van der Waals surface area (Å²) >= 11 is 0. The van der Waals surface area contributed by atoms with Crippen LogP contribution in [0.4, 0.5) is 0 Å². The zero-order valence-corrected chi connectivity index (χ0v) is 15.1. The Labute approximate surface area is 145 Å². The molecule has 0 aromatic heterocycles. The van der Waals surface area contributed by atoms with Crippen molar-refractivity contribution in [3.05, 3.63) is 29.8 Å². The topological polar surface area (TPSA) is 53.0 Å². The number of nitrogens with zero attached hydrogens (tertiary/aromatic N) is 2. The van der Waals surface area contributed by atoms with E-state index in [1.54, 1.807) is 7.11 Å². The number of hydrogen-bond donors (Lipinski definition) is 1. The predicted molar refractivity (Wildman–Crippen MR) is 95.0 cm³/mol. The summed E-state index contributed by atoms with van der Waals surface area (Å²) in [7, 11) is 1.63. The third kappa shape index (κ3) is 4.71. The van der Waals surface area contributed by atoms with Gasteiger partial charge in [0.05, 0.1) is 13.2 Å². The minimum atomic E-state index is -0.532. The van der Waals surface area contributed by atoms with Crippen LogP contribution < -0.4 is 4.74 Å². The molecule has 1 aromatic rings. The van der Waals surface area contributed by atoms with Crippen LogP contribution in [-0.2, 0) is 4.79 Å². The molecular weight excluding hydrogens is 304 g/mol. The van der Waals surface area contributed by atoms with E-state index >= 15 is 0 Å². The van der Waals surface area contributed by atoms with E-state index in [4.69, 9.17) is 4.74 Å². The summed E-state index contributed by atoms with van der Waals surface area (Å²) in [5, 5.41) is 10.5. The van der Waals surface area contributed by atoms with Gasteiger partial charge in [-0.3, -0.25) is 4.79 Å². The summed E-state index contributed by atoms with van der Waals surface area (Å²) in [6.45, 7) is 7.94. The van der Waals surface area contributed by atoms with Crippen LogP contribution in [0.1, 0.15) is 38.4 Å². The Morgan fingerprint density at radius 3 is 2.58 bits per heavy atom. The lowest BCUT2D eigenvalue weighted by atomic mass is 9.94. The Balaban J connectivity index is 1.85. The molecule has 134 valence electrons. The standard InChI is InChI=1S/C19H30N2O3/c1-4-21(5-2)19(23)15-9-11-20(12-10-15)14-18(22)16-7-6-8-17(13-16)24-3/h6-8,13,15,18,22H,4-5,9-12,14H2,1-3H3. The number of β-amino-alcohol motifs (C(OH)–C–C–N with tert-alkyl or cyclic N) is 1. The summed E-state index contributed by atoms with van der Waals surface area (Å²) in [6, 6.07) is 7.57. The molecule has 1 amide bonds. The third-order valence-electron chi connectivity index (χ3n) is 4.92. The van der Waals surface area contributed by atoms with E-state index in [0.29, 0.717) is 6.54 Å². The lowest BCUT2D eigenvalue weighted by molar-refractivity contribution is -0.136. The molecule has 1 fully saturated rings. The molecule has 0 radical (unpaired) electrons. The van der Waals surface area contributed by atoms with Crippen molar-refractivity contribution in [2.24, 2.45) is 5.92 Å². The van der Waals surface area contributed by atoms with Gasteiger partial charge >= 0.3 is 0 Å². The molecule has 1 aromatic carbocycles. The number of rotatable bonds is 7. The summed E-state index contributed by atoms with van der Waals surface area (Å²) in [5.74, 6) is 1.18. The van der Waals surface area contributed by atoms with Gasteiger partial charge in [-0.15, -0.1) is 0 Å². The van der Waals surface area contributed by atoms with Crippen molar-refractivity contribution in [1.29, 1.82) is 0 Å². The maximum Gasteiger partial charge on any atom is 0.225 e. The summed E-state index contributed by atoms with van der Waals surface area (Å²) in [4.78, 5) is 16.6. The van der Waals surface area contributed by atoms with Gasteiger partial charge in [0, 0.05) is 25.6 Å². The van der Waals surface area contributed by atoms with Crippen LogP contribution in [0.5, 0.6) is 5.75 Å². The second-order valence-corrected chi connectivity index (χ2v) is 6.38. The first kappa shape index (κ1) is 18.7. The summed E-state index contributed by atoms with van der Waals surface area (Å²) in [6.07, 6.45) is 1.22. The highest BCUT2D eigenvalue weighted by molar-refractivity contribution is 5.78. The Hall–Kier alpha value is -1.59. The van der Waals surface area contributed by atoms with E-state index in [0.717, 1.165) is 50.3 Å². The maximum atomic E-state index is 12.4. The number of methoxy groups -OCH3 is 1. The summed E-state index contributed by atoms with van der Waals surface area (Å²) in [5.41, 5.74) is 0.871. The first-order valence-electron chi connectivity index (χ1n) is 8.92. The Morgan fingerprint density at radius 2 is 2.00 bits per heavy atom. The smallest absolute Gasteiger partial charge is 0.225 e. The number of likely N-dealkylation sites (tertiary alicyclic amines) is 1. The van der Waals surface area contributed by atoms with Crippen molar-refractivity contribution in [2.45, 2.75) is 32.8 Å². The van der Waals surface area contributed by atoms with Crippen molar-refractivity contribution in [3.63, 3.8) is 0 Å². The van der Waals surface area contributed by atoms with Crippen molar-refractivity contribution in [3.8, 4) is 5.75 Å². The van der Waals surface area contributed by atoms with Gasteiger partial charge in [0.1, 0.15) is 5.75 Å². The van der Waals surface area contributed by atoms with Crippen LogP contribution in [0.15, 0.2) is 24.3 Å². The van der Waals surface area contributed by atoms with Crippen LogP contribution >= 0.6 is 0 Å². The van der Waals surface area contributed by atoms with Gasteiger partial charge in [0.2, 0.25) is 5.91 Å². The monoisotopic (exact) mass is 334 g/mol. The molecule has 0 aliphatic carbocycles. The van der Waals surface area contributed by atoms with Crippen LogP contribution in [0.3, 0.4) is 0 Å². The molecule has 5 heteroatoms. The average molecular weight is 334 g/mol.